The van der Waals surface area contributed by atoms with E-state index in [4.69, 9.17) is 0 Å². The number of benzene rings is 1. The minimum Gasteiger partial charge on any atom is -0.391 e. The van der Waals surface area contributed by atoms with E-state index in [0.29, 0.717) is 6.42 Å². The number of hydrogen-bond donors (Lipinski definition) is 2. The summed E-state index contributed by atoms with van der Waals surface area (Å²) < 4.78 is 14.8. The van der Waals surface area contributed by atoms with E-state index in [1.165, 1.54) is 29.1 Å². The van der Waals surface area contributed by atoms with E-state index in [2.05, 4.69) is 10.3 Å². The molecule has 2 N–H and O–H groups in total. The molecule has 1 aliphatic heterocycles. The number of aliphatic hydroxyl groups is 1. The highest BCUT2D eigenvalue weighted by Gasteiger charge is 2.25. The molecule has 122 valence electrons. The topological polar surface area (TPSA) is 84.2 Å². The second-order valence-corrected chi connectivity index (χ2v) is 5.83. The van der Waals surface area contributed by atoms with Gasteiger partial charge in [-0.1, -0.05) is 6.07 Å². The summed E-state index contributed by atoms with van der Waals surface area (Å²) in [5.74, 6) is -0.740. The fraction of sp³-hybridized carbons (Fsp3) is 0.438. The van der Waals surface area contributed by atoms with Crippen molar-refractivity contribution in [2.75, 3.05) is 6.54 Å². The number of Topliss-reactive ketones (excluding diaryl/α,β-unsaturated/α-hetero) is 1. The van der Waals surface area contributed by atoms with Gasteiger partial charge in [0.25, 0.3) is 5.56 Å². The van der Waals surface area contributed by atoms with Crippen LogP contribution in [0.4, 0.5) is 4.39 Å². The number of fused-ring (bicyclic) bond motifs is 1. The van der Waals surface area contributed by atoms with E-state index in [-0.39, 0.29) is 35.7 Å². The maximum atomic E-state index is 13.6. The summed E-state index contributed by atoms with van der Waals surface area (Å²) >= 11 is 0. The van der Waals surface area contributed by atoms with Gasteiger partial charge in [0.1, 0.15) is 11.3 Å². The minimum absolute atomic E-state index is 0.00516. The molecule has 1 aromatic heterocycles. The Kier molecular flexibility index (Phi) is 4.49. The Morgan fingerprint density at radius 1 is 1.48 bits per heavy atom. The van der Waals surface area contributed by atoms with E-state index in [9.17, 15) is 19.1 Å². The quantitative estimate of drug-likeness (QED) is 0.862. The van der Waals surface area contributed by atoms with E-state index in [0.717, 1.165) is 13.0 Å². The van der Waals surface area contributed by atoms with Gasteiger partial charge in [0.15, 0.2) is 5.78 Å². The van der Waals surface area contributed by atoms with Crippen molar-refractivity contribution in [2.24, 2.45) is 0 Å². The third-order valence-corrected chi connectivity index (χ3v) is 4.15. The largest absolute Gasteiger partial charge is 0.391 e. The average molecular weight is 319 g/mol. The molecule has 3 rings (SSSR count). The van der Waals surface area contributed by atoms with Gasteiger partial charge in [0, 0.05) is 12.5 Å². The summed E-state index contributed by atoms with van der Waals surface area (Å²) in [7, 11) is 0. The maximum Gasteiger partial charge on any atom is 0.261 e. The van der Waals surface area contributed by atoms with E-state index in [1.807, 2.05) is 0 Å². The molecule has 1 aliphatic rings. The highest BCUT2D eigenvalue weighted by Crippen LogP contribution is 2.13. The summed E-state index contributed by atoms with van der Waals surface area (Å²) in [6, 6.07) is 3.88. The smallest absolute Gasteiger partial charge is 0.261 e. The van der Waals surface area contributed by atoms with Crippen LogP contribution in [0.3, 0.4) is 0 Å². The van der Waals surface area contributed by atoms with Crippen molar-refractivity contribution in [3.63, 3.8) is 0 Å². The Labute approximate surface area is 132 Å². The number of piperidine rings is 1. The first-order valence-electron chi connectivity index (χ1n) is 7.63. The van der Waals surface area contributed by atoms with Crippen LogP contribution in [0.25, 0.3) is 10.9 Å². The number of hydrogen-bond acceptors (Lipinski definition) is 5. The molecule has 6 nitrogen and oxygen atoms in total. The highest BCUT2D eigenvalue weighted by molar-refractivity contribution is 5.80. The van der Waals surface area contributed by atoms with Crippen LogP contribution in [0.5, 0.6) is 0 Å². The number of carbonyl (C=O) groups is 1. The van der Waals surface area contributed by atoms with Gasteiger partial charge in [0.05, 0.1) is 24.4 Å². The maximum absolute atomic E-state index is 13.6. The third-order valence-electron chi connectivity index (χ3n) is 4.15. The Balaban J connectivity index is 1.77. The molecule has 1 saturated heterocycles. The van der Waals surface area contributed by atoms with Crippen molar-refractivity contribution in [3.8, 4) is 0 Å². The fourth-order valence-corrected chi connectivity index (χ4v) is 2.91. The summed E-state index contributed by atoms with van der Waals surface area (Å²) in [5.41, 5.74) is -0.439. The Morgan fingerprint density at radius 3 is 3.09 bits per heavy atom. The lowest BCUT2D eigenvalue weighted by Gasteiger charge is -2.28. The van der Waals surface area contributed by atoms with Gasteiger partial charge in [-0.15, -0.1) is 0 Å². The summed E-state index contributed by atoms with van der Waals surface area (Å²) in [4.78, 5) is 28.4. The lowest BCUT2D eigenvalue weighted by molar-refractivity contribution is -0.121. The minimum atomic E-state index is -0.562. The molecule has 0 radical (unpaired) electrons. The van der Waals surface area contributed by atoms with Crippen molar-refractivity contribution < 1.29 is 14.3 Å². The van der Waals surface area contributed by atoms with Crippen molar-refractivity contribution in [3.05, 3.63) is 40.7 Å². The van der Waals surface area contributed by atoms with Crippen LogP contribution in [0, 0.1) is 5.82 Å². The lowest BCUT2D eigenvalue weighted by atomic mass is 9.97. The van der Waals surface area contributed by atoms with Crippen LogP contribution < -0.4 is 10.9 Å². The Morgan fingerprint density at radius 2 is 2.30 bits per heavy atom. The monoisotopic (exact) mass is 319 g/mol. The molecule has 0 amide bonds. The van der Waals surface area contributed by atoms with E-state index < -0.39 is 17.5 Å². The van der Waals surface area contributed by atoms with Crippen molar-refractivity contribution in [1.29, 1.82) is 0 Å². The molecular formula is C16H18FN3O3. The normalized spacial score (nSPS) is 21.5. The molecule has 0 saturated carbocycles. The molecule has 0 aliphatic carbocycles. The number of halogens is 1. The van der Waals surface area contributed by atoms with Gasteiger partial charge in [0.2, 0.25) is 0 Å². The molecule has 2 aromatic rings. The first-order valence-corrected chi connectivity index (χ1v) is 7.63. The fourth-order valence-electron chi connectivity index (χ4n) is 2.91. The van der Waals surface area contributed by atoms with Crippen molar-refractivity contribution in [1.82, 2.24) is 14.9 Å². The zero-order valence-corrected chi connectivity index (χ0v) is 12.5. The van der Waals surface area contributed by atoms with Gasteiger partial charge >= 0.3 is 0 Å². The predicted molar refractivity (Wildman–Crippen MR) is 82.6 cm³/mol. The van der Waals surface area contributed by atoms with Crippen LogP contribution >= 0.6 is 0 Å². The number of aromatic nitrogens is 2. The molecule has 1 fully saturated rings. The second-order valence-electron chi connectivity index (χ2n) is 5.83. The zero-order chi connectivity index (χ0) is 16.4. The van der Waals surface area contributed by atoms with Gasteiger partial charge in [-0.05, 0) is 31.5 Å². The Hall–Kier alpha value is -2.12. The van der Waals surface area contributed by atoms with Gasteiger partial charge in [-0.3, -0.25) is 14.2 Å². The van der Waals surface area contributed by atoms with Crippen molar-refractivity contribution in [2.45, 2.75) is 38.0 Å². The zero-order valence-electron chi connectivity index (χ0n) is 12.5. The van der Waals surface area contributed by atoms with E-state index >= 15 is 0 Å². The molecule has 0 spiro atoms. The second kappa shape index (κ2) is 6.55. The molecule has 0 unspecified atom stereocenters. The molecule has 1 aromatic carbocycles. The van der Waals surface area contributed by atoms with Crippen LogP contribution in [0.1, 0.15) is 19.3 Å². The molecular weight excluding hydrogens is 301 g/mol. The number of carbonyl (C=O) groups excluding carboxylic acids is 1. The Bertz CT molecular complexity index is 790. The summed E-state index contributed by atoms with van der Waals surface area (Å²) in [6.45, 7) is 0.634. The van der Waals surface area contributed by atoms with Crippen LogP contribution in [0.2, 0.25) is 0 Å². The number of rotatable bonds is 4. The van der Waals surface area contributed by atoms with Crippen molar-refractivity contribution >= 4 is 16.7 Å². The number of nitrogens with zero attached hydrogens (tertiary/aromatic N) is 2. The number of nitrogens with one attached hydrogen (secondary N) is 1. The molecule has 2 atom stereocenters. The first-order chi connectivity index (χ1) is 11.1. The van der Waals surface area contributed by atoms with Crippen LogP contribution in [-0.4, -0.2) is 39.1 Å². The number of ketones is 1. The van der Waals surface area contributed by atoms with Crippen LogP contribution in [-0.2, 0) is 11.3 Å². The van der Waals surface area contributed by atoms with Gasteiger partial charge in [-0.2, -0.15) is 0 Å². The lowest BCUT2D eigenvalue weighted by Crippen LogP contribution is -2.46. The van der Waals surface area contributed by atoms with Gasteiger partial charge < -0.3 is 10.4 Å². The number of aliphatic hydroxyl groups excluding tert-OH is 1. The highest BCUT2D eigenvalue weighted by atomic mass is 19.1. The SMILES string of the molecule is O=C(C[C@H]1NCCC[C@@H]1O)Cn1cnc2c(F)cccc2c1=O. The third kappa shape index (κ3) is 3.30. The molecule has 7 heteroatoms. The molecule has 0 bridgehead atoms. The summed E-state index contributed by atoms with van der Waals surface area (Å²) in [5, 5.41) is 13.1. The molecule has 2 heterocycles. The first kappa shape index (κ1) is 15.8. The van der Waals surface area contributed by atoms with E-state index in [1.54, 1.807) is 0 Å². The molecule has 23 heavy (non-hydrogen) atoms. The number of para-hydroxylation sites is 1. The average Bonchev–Trinajstić information content (AvgIpc) is 2.53. The van der Waals surface area contributed by atoms with Gasteiger partial charge in [-0.25, -0.2) is 9.37 Å². The predicted octanol–water partition coefficient (Wildman–Crippen LogP) is 0.608. The summed E-state index contributed by atoms with van der Waals surface area (Å²) in [6.07, 6.45) is 2.34. The van der Waals surface area contributed by atoms with Crippen LogP contribution in [0.15, 0.2) is 29.3 Å². The standard InChI is InChI=1S/C16H18FN3O3/c17-12-4-1-3-11-15(12)19-9-20(16(11)23)8-10(21)7-13-14(22)5-2-6-18-13/h1,3-4,9,13-14,18,22H,2,5-8H2/t13-,14+/m1/s1.